The summed E-state index contributed by atoms with van der Waals surface area (Å²) in [4.78, 5) is 6.70. The van der Waals surface area contributed by atoms with Gasteiger partial charge in [-0.25, -0.2) is 4.98 Å². The zero-order valence-electron chi connectivity index (χ0n) is 10.7. The van der Waals surface area contributed by atoms with E-state index in [0.29, 0.717) is 6.54 Å². The van der Waals surface area contributed by atoms with Crippen molar-refractivity contribution in [3.05, 3.63) is 18.2 Å². The molecule has 0 radical (unpaired) electrons. The number of hydrogen-bond acceptors (Lipinski definition) is 4. The minimum Gasteiger partial charge on any atom is -0.381 e. The molecule has 1 aromatic rings. The molecule has 2 heterocycles. The second-order valence-corrected chi connectivity index (χ2v) is 4.85. The molecule has 96 valence electrons. The molecule has 0 bridgehead atoms. The number of hydrogen-bond donors (Lipinski definition) is 1. The highest BCUT2D eigenvalue weighted by molar-refractivity contribution is 4.97. The molecule has 2 N–H and O–H groups in total. The first-order chi connectivity index (χ1) is 8.18. The number of imidazole rings is 1. The minimum atomic E-state index is 0.0736. The molecule has 1 aliphatic rings. The van der Waals surface area contributed by atoms with Crippen LogP contribution in [0.5, 0.6) is 0 Å². The van der Waals surface area contributed by atoms with Crippen LogP contribution in [-0.2, 0) is 18.3 Å². The fraction of sp³-hybridized carbons (Fsp3) is 0.750. The van der Waals surface area contributed by atoms with Gasteiger partial charge < -0.3 is 15.0 Å². The van der Waals surface area contributed by atoms with E-state index in [1.807, 2.05) is 19.4 Å². The van der Waals surface area contributed by atoms with Crippen LogP contribution in [0.15, 0.2) is 12.4 Å². The van der Waals surface area contributed by atoms with E-state index < -0.39 is 0 Å². The van der Waals surface area contributed by atoms with E-state index in [9.17, 15) is 0 Å². The number of aromatic nitrogens is 2. The lowest BCUT2D eigenvalue weighted by atomic mass is 9.88. The van der Waals surface area contributed by atoms with Gasteiger partial charge in [0, 0.05) is 44.7 Å². The Morgan fingerprint density at radius 1 is 1.53 bits per heavy atom. The van der Waals surface area contributed by atoms with Crippen molar-refractivity contribution in [2.75, 3.05) is 26.8 Å². The molecule has 1 fully saturated rings. The highest BCUT2D eigenvalue weighted by Crippen LogP contribution is 2.26. The zero-order valence-corrected chi connectivity index (χ0v) is 10.7. The van der Waals surface area contributed by atoms with Crippen LogP contribution in [0.1, 0.15) is 18.7 Å². The Balaban J connectivity index is 2.07. The first-order valence-electron chi connectivity index (χ1n) is 6.13. The fourth-order valence-corrected chi connectivity index (χ4v) is 2.42. The van der Waals surface area contributed by atoms with Crippen LogP contribution in [0.25, 0.3) is 0 Å². The van der Waals surface area contributed by atoms with E-state index in [-0.39, 0.29) is 5.54 Å². The molecular formula is C12H22N4O. The van der Waals surface area contributed by atoms with Crippen molar-refractivity contribution in [3.63, 3.8) is 0 Å². The van der Waals surface area contributed by atoms with Crippen LogP contribution in [0.2, 0.25) is 0 Å². The Hall–Kier alpha value is -0.910. The van der Waals surface area contributed by atoms with E-state index >= 15 is 0 Å². The fourth-order valence-electron chi connectivity index (χ4n) is 2.42. The van der Waals surface area contributed by atoms with E-state index in [1.165, 1.54) is 0 Å². The number of likely N-dealkylation sites (N-methyl/N-ethyl adjacent to an activating group) is 1. The number of aryl methyl sites for hydroxylation is 1. The molecular weight excluding hydrogens is 216 g/mol. The van der Waals surface area contributed by atoms with Gasteiger partial charge in [0.1, 0.15) is 5.82 Å². The predicted molar refractivity (Wildman–Crippen MR) is 66.5 cm³/mol. The lowest BCUT2D eigenvalue weighted by molar-refractivity contribution is -0.0175. The van der Waals surface area contributed by atoms with E-state index in [1.54, 1.807) is 0 Å². The second kappa shape index (κ2) is 5.16. The Bertz CT molecular complexity index is 357. The number of ether oxygens (including phenoxy) is 1. The smallest absolute Gasteiger partial charge is 0.122 e. The molecule has 0 amide bonds. The SMILES string of the molecule is CN(Cc1nccn1C)C1(CN)CCOCC1. The first kappa shape index (κ1) is 12.5. The van der Waals surface area contributed by atoms with E-state index in [4.69, 9.17) is 10.5 Å². The molecule has 2 rings (SSSR count). The van der Waals surface area contributed by atoms with Crippen molar-refractivity contribution in [2.45, 2.75) is 24.9 Å². The molecule has 5 nitrogen and oxygen atoms in total. The predicted octanol–water partition coefficient (Wildman–Crippen LogP) is 0.360. The standard InChI is InChI=1S/C12H22N4O/c1-15-6-5-14-11(15)9-16(2)12(10-13)3-7-17-8-4-12/h5-6H,3-4,7-10,13H2,1-2H3. The van der Waals surface area contributed by atoms with Gasteiger partial charge >= 0.3 is 0 Å². The van der Waals surface area contributed by atoms with Gasteiger partial charge in [-0.15, -0.1) is 0 Å². The average molecular weight is 238 g/mol. The maximum atomic E-state index is 5.98. The summed E-state index contributed by atoms with van der Waals surface area (Å²) in [5.41, 5.74) is 6.06. The third kappa shape index (κ3) is 2.51. The average Bonchev–Trinajstić information content (AvgIpc) is 2.76. The second-order valence-electron chi connectivity index (χ2n) is 4.85. The van der Waals surface area contributed by atoms with Gasteiger partial charge in [0.25, 0.3) is 0 Å². The van der Waals surface area contributed by atoms with Crippen LogP contribution in [-0.4, -0.2) is 46.8 Å². The summed E-state index contributed by atoms with van der Waals surface area (Å²) in [5.74, 6) is 1.08. The van der Waals surface area contributed by atoms with Crippen LogP contribution in [0, 0.1) is 0 Å². The Morgan fingerprint density at radius 2 is 2.24 bits per heavy atom. The Morgan fingerprint density at radius 3 is 2.76 bits per heavy atom. The molecule has 0 saturated carbocycles. The molecule has 1 aromatic heterocycles. The highest BCUT2D eigenvalue weighted by atomic mass is 16.5. The highest BCUT2D eigenvalue weighted by Gasteiger charge is 2.35. The summed E-state index contributed by atoms with van der Waals surface area (Å²) in [7, 11) is 4.15. The molecule has 0 atom stereocenters. The van der Waals surface area contributed by atoms with Crippen LogP contribution < -0.4 is 5.73 Å². The van der Waals surface area contributed by atoms with Crippen molar-refractivity contribution in [3.8, 4) is 0 Å². The normalized spacial score (nSPS) is 19.8. The van der Waals surface area contributed by atoms with Crippen molar-refractivity contribution in [1.29, 1.82) is 0 Å². The third-order valence-electron chi connectivity index (χ3n) is 3.91. The van der Waals surface area contributed by atoms with Crippen molar-refractivity contribution in [2.24, 2.45) is 12.8 Å². The van der Waals surface area contributed by atoms with Gasteiger partial charge in [0.05, 0.1) is 6.54 Å². The molecule has 1 aliphatic heterocycles. The Kier molecular flexibility index (Phi) is 3.81. The molecule has 1 saturated heterocycles. The lowest BCUT2D eigenvalue weighted by Crippen LogP contribution is -2.55. The van der Waals surface area contributed by atoms with E-state index in [2.05, 4.69) is 21.5 Å². The summed E-state index contributed by atoms with van der Waals surface area (Å²) in [6.07, 6.45) is 5.82. The minimum absolute atomic E-state index is 0.0736. The van der Waals surface area contributed by atoms with Crippen LogP contribution in [0.3, 0.4) is 0 Å². The summed E-state index contributed by atoms with van der Waals surface area (Å²) < 4.78 is 7.49. The Labute approximate surface area is 103 Å². The number of rotatable bonds is 4. The molecule has 17 heavy (non-hydrogen) atoms. The number of nitrogens with two attached hydrogens (primary N) is 1. The summed E-state index contributed by atoms with van der Waals surface area (Å²) in [6.45, 7) is 3.13. The van der Waals surface area contributed by atoms with Crippen LogP contribution >= 0.6 is 0 Å². The van der Waals surface area contributed by atoms with Gasteiger partial charge in [-0.1, -0.05) is 0 Å². The summed E-state index contributed by atoms with van der Waals surface area (Å²) in [6, 6.07) is 0. The maximum absolute atomic E-state index is 5.98. The third-order valence-corrected chi connectivity index (χ3v) is 3.91. The van der Waals surface area contributed by atoms with Gasteiger partial charge in [-0.05, 0) is 19.9 Å². The molecule has 0 unspecified atom stereocenters. The van der Waals surface area contributed by atoms with Crippen molar-refractivity contribution >= 4 is 0 Å². The van der Waals surface area contributed by atoms with Gasteiger partial charge in [-0.2, -0.15) is 0 Å². The molecule has 0 aliphatic carbocycles. The van der Waals surface area contributed by atoms with Gasteiger partial charge in [0.2, 0.25) is 0 Å². The van der Waals surface area contributed by atoms with Gasteiger partial charge in [0.15, 0.2) is 0 Å². The first-order valence-corrected chi connectivity index (χ1v) is 6.13. The number of nitrogens with zero attached hydrogens (tertiary/aromatic N) is 3. The molecule has 0 aromatic carbocycles. The van der Waals surface area contributed by atoms with Crippen molar-refractivity contribution < 1.29 is 4.74 Å². The largest absolute Gasteiger partial charge is 0.381 e. The quantitative estimate of drug-likeness (QED) is 0.823. The van der Waals surface area contributed by atoms with Gasteiger partial charge in [-0.3, -0.25) is 4.90 Å². The topological polar surface area (TPSA) is 56.3 Å². The zero-order chi connectivity index (χ0) is 12.3. The maximum Gasteiger partial charge on any atom is 0.122 e. The van der Waals surface area contributed by atoms with E-state index in [0.717, 1.165) is 38.4 Å². The summed E-state index contributed by atoms with van der Waals surface area (Å²) in [5, 5.41) is 0. The lowest BCUT2D eigenvalue weighted by Gasteiger charge is -2.43. The molecule has 5 heteroatoms. The molecule has 0 spiro atoms. The summed E-state index contributed by atoms with van der Waals surface area (Å²) >= 11 is 0. The monoisotopic (exact) mass is 238 g/mol. The van der Waals surface area contributed by atoms with Crippen molar-refractivity contribution in [1.82, 2.24) is 14.5 Å². The van der Waals surface area contributed by atoms with Crippen LogP contribution in [0.4, 0.5) is 0 Å².